The number of hydrogen-bond acceptors (Lipinski definition) is 6. The van der Waals surface area contributed by atoms with Gasteiger partial charge in [-0.3, -0.25) is 14.9 Å². The first-order valence-corrected chi connectivity index (χ1v) is 10.0. The third-order valence-corrected chi connectivity index (χ3v) is 6.09. The molecule has 0 amide bonds. The van der Waals surface area contributed by atoms with E-state index in [1.807, 2.05) is 38.1 Å². The molecule has 0 radical (unpaired) electrons. The van der Waals surface area contributed by atoms with Crippen molar-refractivity contribution in [3.63, 3.8) is 0 Å². The minimum absolute atomic E-state index is 0.00965. The Labute approximate surface area is 173 Å². The summed E-state index contributed by atoms with van der Waals surface area (Å²) in [6.07, 6.45) is 1.65. The second-order valence-corrected chi connectivity index (χ2v) is 8.06. The van der Waals surface area contributed by atoms with Crippen molar-refractivity contribution in [2.24, 2.45) is 0 Å². The molecule has 0 N–H and O–H groups in total. The van der Waals surface area contributed by atoms with E-state index in [4.69, 9.17) is 4.42 Å². The van der Waals surface area contributed by atoms with Crippen LogP contribution in [0.3, 0.4) is 0 Å². The Morgan fingerprint density at radius 2 is 1.90 bits per heavy atom. The van der Waals surface area contributed by atoms with Gasteiger partial charge in [-0.15, -0.1) is 0 Å². The molecule has 3 aromatic heterocycles. The number of nitro groups is 1. The molecule has 0 aliphatic rings. The highest BCUT2D eigenvalue weighted by Gasteiger charge is 2.20. The van der Waals surface area contributed by atoms with E-state index < -0.39 is 4.92 Å². The minimum Gasteiger partial charge on any atom is -0.456 e. The van der Waals surface area contributed by atoms with Crippen LogP contribution in [0.4, 0.5) is 5.69 Å². The first kappa shape index (κ1) is 18.3. The third-order valence-electron chi connectivity index (χ3n) is 5.12. The van der Waals surface area contributed by atoms with Gasteiger partial charge in [-0.1, -0.05) is 23.5 Å². The summed E-state index contributed by atoms with van der Waals surface area (Å²) in [5.41, 5.74) is 3.55. The average molecular weight is 417 g/mol. The molecule has 0 saturated heterocycles. The maximum atomic E-state index is 12.9. The highest BCUT2D eigenvalue weighted by atomic mass is 32.1. The van der Waals surface area contributed by atoms with Crippen LogP contribution >= 0.6 is 11.3 Å². The molecule has 2 aromatic carbocycles. The summed E-state index contributed by atoms with van der Waals surface area (Å²) in [6, 6.07) is 14.2. The van der Waals surface area contributed by atoms with Crippen molar-refractivity contribution in [3.05, 3.63) is 90.4 Å². The van der Waals surface area contributed by atoms with Crippen LogP contribution in [0.1, 0.15) is 16.9 Å². The van der Waals surface area contributed by atoms with Gasteiger partial charge in [0.15, 0.2) is 4.96 Å². The smallest absolute Gasteiger partial charge is 0.280 e. The largest absolute Gasteiger partial charge is 0.456 e. The normalized spacial score (nSPS) is 12.3. The van der Waals surface area contributed by atoms with E-state index in [-0.39, 0.29) is 11.2 Å². The summed E-state index contributed by atoms with van der Waals surface area (Å²) in [5, 5.41) is 11.5. The van der Waals surface area contributed by atoms with Gasteiger partial charge in [0.2, 0.25) is 0 Å². The molecular formula is C22H15N3O4S. The number of thiazole rings is 1. The topological polar surface area (TPSA) is 90.7 Å². The van der Waals surface area contributed by atoms with E-state index in [2.05, 4.69) is 4.98 Å². The summed E-state index contributed by atoms with van der Waals surface area (Å²) in [4.78, 5) is 29.1. The molecule has 0 aliphatic heterocycles. The quantitative estimate of drug-likeness (QED) is 0.323. The molecular weight excluding hydrogens is 402 g/mol. The molecule has 7 nitrogen and oxygen atoms in total. The Balaban J connectivity index is 1.63. The van der Waals surface area contributed by atoms with Crippen LogP contribution in [0.15, 0.2) is 57.7 Å². The van der Waals surface area contributed by atoms with Crippen molar-refractivity contribution in [1.29, 1.82) is 0 Å². The number of rotatable bonds is 3. The molecule has 148 valence electrons. The molecule has 0 spiro atoms. The number of aryl methyl sites for hydroxylation is 2. The Kier molecular flexibility index (Phi) is 4.04. The second kappa shape index (κ2) is 6.64. The van der Waals surface area contributed by atoms with Crippen molar-refractivity contribution in [2.75, 3.05) is 0 Å². The van der Waals surface area contributed by atoms with E-state index in [1.165, 1.54) is 11.3 Å². The van der Waals surface area contributed by atoms with Crippen molar-refractivity contribution in [3.8, 4) is 11.3 Å². The molecule has 0 saturated carbocycles. The molecule has 0 aliphatic carbocycles. The monoisotopic (exact) mass is 417 g/mol. The molecule has 0 atom stereocenters. The van der Waals surface area contributed by atoms with Gasteiger partial charge in [-0.05, 0) is 55.3 Å². The Morgan fingerprint density at radius 1 is 1.13 bits per heavy atom. The first-order chi connectivity index (χ1) is 14.4. The van der Waals surface area contributed by atoms with Crippen molar-refractivity contribution < 1.29 is 9.34 Å². The number of hydrogen-bond donors (Lipinski definition) is 0. The number of benzene rings is 2. The first-order valence-electron chi connectivity index (χ1n) is 9.20. The highest BCUT2D eigenvalue weighted by Crippen LogP contribution is 2.33. The standard InChI is InChI=1S/C22H15N3O4S/c1-12-9-15(18(25(27)28)10-13(12)2)19-8-7-14(29-19)11-20-21(26)24-17-6-4-3-5-16(17)23-22(24)30-20/h3-11H,1-2H3/b20-11-. The number of imidazole rings is 1. The summed E-state index contributed by atoms with van der Waals surface area (Å²) in [5.74, 6) is 0.832. The SMILES string of the molecule is Cc1cc(-c2ccc(/C=c3\sc4nc5ccccc5n4c3=O)o2)c([N+](=O)[O-])cc1C. The minimum atomic E-state index is -0.414. The van der Waals surface area contributed by atoms with Crippen LogP contribution in [0.25, 0.3) is 33.4 Å². The predicted octanol–water partition coefficient (Wildman–Crippen LogP) is 4.24. The fraction of sp³-hybridized carbons (Fsp3) is 0.0909. The Morgan fingerprint density at radius 3 is 2.70 bits per heavy atom. The Bertz CT molecular complexity index is 1580. The molecule has 5 rings (SSSR count). The van der Waals surface area contributed by atoms with E-state index >= 15 is 0 Å². The van der Waals surface area contributed by atoms with Gasteiger partial charge in [0.25, 0.3) is 11.2 Å². The molecule has 5 aromatic rings. The van der Waals surface area contributed by atoms with Gasteiger partial charge in [0, 0.05) is 12.1 Å². The maximum Gasteiger partial charge on any atom is 0.280 e. The lowest BCUT2D eigenvalue weighted by Gasteiger charge is -2.04. The lowest BCUT2D eigenvalue weighted by molar-refractivity contribution is -0.384. The number of aromatic nitrogens is 2. The average Bonchev–Trinajstić information content (AvgIpc) is 3.39. The third kappa shape index (κ3) is 2.81. The maximum absolute atomic E-state index is 12.9. The van der Waals surface area contributed by atoms with Crippen molar-refractivity contribution >= 4 is 39.1 Å². The number of fused-ring (bicyclic) bond motifs is 3. The molecule has 0 fully saturated rings. The molecule has 0 unspecified atom stereocenters. The number of furan rings is 1. The van der Waals surface area contributed by atoms with Crippen LogP contribution in [-0.4, -0.2) is 14.3 Å². The van der Waals surface area contributed by atoms with Gasteiger partial charge < -0.3 is 4.42 Å². The van der Waals surface area contributed by atoms with Gasteiger partial charge in [0.1, 0.15) is 16.1 Å². The summed E-state index contributed by atoms with van der Waals surface area (Å²) >= 11 is 1.28. The van der Waals surface area contributed by atoms with Crippen molar-refractivity contribution in [1.82, 2.24) is 9.38 Å². The number of para-hydroxylation sites is 2. The van der Waals surface area contributed by atoms with Gasteiger partial charge in [-0.25, -0.2) is 9.38 Å². The van der Waals surface area contributed by atoms with Crippen molar-refractivity contribution in [2.45, 2.75) is 13.8 Å². The van der Waals surface area contributed by atoms with Gasteiger partial charge in [-0.2, -0.15) is 0 Å². The summed E-state index contributed by atoms with van der Waals surface area (Å²) in [7, 11) is 0. The zero-order valence-corrected chi connectivity index (χ0v) is 16.9. The van der Waals surface area contributed by atoms with E-state index in [9.17, 15) is 14.9 Å². The number of nitrogens with zero attached hydrogens (tertiary/aromatic N) is 3. The highest BCUT2D eigenvalue weighted by molar-refractivity contribution is 7.15. The lowest BCUT2D eigenvalue weighted by Crippen LogP contribution is -2.22. The van der Waals surface area contributed by atoms with E-state index in [1.54, 1.807) is 34.7 Å². The molecule has 8 heteroatoms. The van der Waals surface area contributed by atoms with Gasteiger partial charge in [0.05, 0.1) is 21.5 Å². The number of nitro benzene ring substituents is 1. The fourth-order valence-electron chi connectivity index (χ4n) is 3.47. The lowest BCUT2D eigenvalue weighted by atomic mass is 10.0. The van der Waals surface area contributed by atoms with Crippen LogP contribution in [0, 0.1) is 24.0 Å². The van der Waals surface area contributed by atoms with E-state index in [0.29, 0.717) is 26.6 Å². The van der Waals surface area contributed by atoms with E-state index in [0.717, 1.165) is 22.2 Å². The van der Waals surface area contributed by atoms with Crippen LogP contribution in [0.5, 0.6) is 0 Å². The van der Waals surface area contributed by atoms with Crippen LogP contribution in [-0.2, 0) is 0 Å². The van der Waals surface area contributed by atoms with Crippen LogP contribution < -0.4 is 10.1 Å². The summed E-state index contributed by atoms with van der Waals surface area (Å²) < 4.78 is 7.92. The predicted molar refractivity (Wildman–Crippen MR) is 116 cm³/mol. The Hall–Kier alpha value is -3.78. The zero-order valence-electron chi connectivity index (χ0n) is 16.1. The molecule has 0 bridgehead atoms. The second-order valence-electron chi connectivity index (χ2n) is 7.05. The summed E-state index contributed by atoms with van der Waals surface area (Å²) in [6.45, 7) is 3.73. The van der Waals surface area contributed by atoms with Gasteiger partial charge >= 0.3 is 0 Å². The van der Waals surface area contributed by atoms with Crippen LogP contribution in [0.2, 0.25) is 0 Å². The zero-order chi connectivity index (χ0) is 21.0. The fourth-order valence-corrected chi connectivity index (χ4v) is 4.43. The molecule has 3 heterocycles. The molecule has 30 heavy (non-hydrogen) atoms.